The number of nitrogens with one attached hydrogen (secondary N) is 1. The fourth-order valence-electron chi connectivity index (χ4n) is 3.44. The number of rotatable bonds is 5. The fraction of sp³-hybridized carbons (Fsp3) is 0.400. The zero-order chi connectivity index (χ0) is 18.1. The Kier molecular flexibility index (Phi) is 4.29. The molecule has 4 rings (SSSR count). The third kappa shape index (κ3) is 2.80. The molecule has 2 heterocycles. The minimum atomic E-state index is -0.521. The van der Waals surface area contributed by atoms with Crippen molar-refractivity contribution in [3.05, 3.63) is 47.5 Å². The molecule has 6 heteroatoms. The molecule has 1 N–H and O–H groups in total. The van der Waals surface area contributed by atoms with Gasteiger partial charge in [0.2, 0.25) is 5.95 Å². The first-order valence-corrected chi connectivity index (χ1v) is 9.16. The summed E-state index contributed by atoms with van der Waals surface area (Å²) in [4.78, 5) is 13.8. The number of anilines is 1. The predicted octanol–water partition coefficient (Wildman–Crippen LogP) is 3.77. The van der Waals surface area contributed by atoms with E-state index in [1.165, 1.54) is 6.42 Å². The van der Waals surface area contributed by atoms with Gasteiger partial charge in [0.1, 0.15) is 11.7 Å². The summed E-state index contributed by atoms with van der Waals surface area (Å²) in [5, 5.41) is 13.3. The van der Waals surface area contributed by atoms with Crippen molar-refractivity contribution in [1.82, 2.24) is 19.5 Å². The van der Waals surface area contributed by atoms with Gasteiger partial charge in [-0.2, -0.15) is 5.26 Å². The van der Waals surface area contributed by atoms with Crippen LogP contribution in [0.1, 0.15) is 49.2 Å². The van der Waals surface area contributed by atoms with E-state index in [0.717, 1.165) is 47.5 Å². The van der Waals surface area contributed by atoms with Crippen molar-refractivity contribution >= 4 is 17.0 Å². The van der Waals surface area contributed by atoms with Crippen LogP contribution >= 0.6 is 0 Å². The molecule has 1 aliphatic carbocycles. The second-order valence-corrected chi connectivity index (χ2v) is 6.80. The third-order valence-electron chi connectivity index (χ3n) is 5.11. The number of aromatic nitrogens is 4. The topological polar surface area (TPSA) is 79.4 Å². The van der Waals surface area contributed by atoms with Gasteiger partial charge in [0.25, 0.3) is 0 Å². The lowest BCUT2D eigenvalue weighted by atomic mass is 9.93. The van der Waals surface area contributed by atoms with Gasteiger partial charge in [0.15, 0.2) is 0 Å². The molecule has 1 unspecified atom stereocenters. The Labute approximate surface area is 152 Å². The van der Waals surface area contributed by atoms with E-state index in [2.05, 4.69) is 32.8 Å². The van der Waals surface area contributed by atoms with E-state index in [1.54, 1.807) is 6.20 Å². The maximum atomic E-state index is 9.95. The molecule has 1 saturated carbocycles. The maximum Gasteiger partial charge on any atom is 0.223 e. The summed E-state index contributed by atoms with van der Waals surface area (Å²) < 4.78 is 2.10. The van der Waals surface area contributed by atoms with Crippen LogP contribution in [0.3, 0.4) is 0 Å². The van der Waals surface area contributed by atoms with E-state index in [-0.39, 0.29) is 0 Å². The second kappa shape index (κ2) is 6.75. The number of hydrogen-bond donors (Lipinski definition) is 1. The Morgan fingerprint density at radius 3 is 2.81 bits per heavy atom. The minimum Gasteiger partial charge on any atom is -0.351 e. The lowest BCUT2D eigenvalue weighted by molar-refractivity contribution is 0.443. The third-order valence-corrected chi connectivity index (χ3v) is 5.11. The molecule has 1 aliphatic rings. The molecular formula is C20H22N6. The number of imidazole rings is 1. The number of hydrogen-bond acceptors (Lipinski definition) is 5. The number of aryl methyl sites for hydroxylation is 2. The Morgan fingerprint density at radius 2 is 2.12 bits per heavy atom. The molecular weight excluding hydrogens is 324 g/mol. The average Bonchev–Trinajstić information content (AvgIpc) is 2.99. The molecule has 0 radical (unpaired) electrons. The summed E-state index contributed by atoms with van der Waals surface area (Å²) in [5.74, 6) is 0.828. The van der Waals surface area contributed by atoms with Crippen LogP contribution in [0.25, 0.3) is 11.0 Å². The first kappa shape index (κ1) is 16.5. The second-order valence-electron chi connectivity index (χ2n) is 6.80. The fourth-order valence-corrected chi connectivity index (χ4v) is 3.44. The molecule has 1 fully saturated rings. The summed E-state index contributed by atoms with van der Waals surface area (Å²) in [5.41, 5.74) is 3.59. The van der Waals surface area contributed by atoms with Gasteiger partial charge in [0.05, 0.1) is 22.8 Å². The summed E-state index contributed by atoms with van der Waals surface area (Å²) in [7, 11) is 0. The van der Waals surface area contributed by atoms with E-state index in [4.69, 9.17) is 4.98 Å². The molecule has 2 aromatic heterocycles. The van der Waals surface area contributed by atoms with Gasteiger partial charge < -0.3 is 9.88 Å². The van der Waals surface area contributed by atoms with Crippen molar-refractivity contribution in [3.63, 3.8) is 0 Å². The Balaban J connectivity index is 1.78. The van der Waals surface area contributed by atoms with E-state index < -0.39 is 5.92 Å². The zero-order valence-electron chi connectivity index (χ0n) is 15.1. The van der Waals surface area contributed by atoms with Crippen molar-refractivity contribution in [2.75, 3.05) is 5.32 Å². The maximum absolute atomic E-state index is 9.95. The van der Waals surface area contributed by atoms with Gasteiger partial charge in [-0.1, -0.05) is 12.1 Å². The Bertz CT molecular complexity index is 980. The van der Waals surface area contributed by atoms with E-state index in [9.17, 15) is 5.26 Å². The van der Waals surface area contributed by atoms with Crippen molar-refractivity contribution in [3.8, 4) is 6.07 Å². The highest BCUT2D eigenvalue weighted by Crippen LogP contribution is 2.29. The monoisotopic (exact) mass is 346 g/mol. The van der Waals surface area contributed by atoms with Gasteiger partial charge in [-0.3, -0.25) is 0 Å². The first-order chi connectivity index (χ1) is 12.7. The van der Waals surface area contributed by atoms with Crippen LogP contribution in [0.15, 0.2) is 30.5 Å². The number of para-hydroxylation sites is 2. The molecule has 1 aromatic carbocycles. The number of fused-ring (bicyclic) bond motifs is 1. The smallest absolute Gasteiger partial charge is 0.223 e. The minimum absolute atomic E-state index is 0.450. The standard InChI is InChI=1S/C20H22N6/c1-3-26-17-10-5-4-9-16(17)24-19(26)15(11-21)18-13(2)12-22-20(25-18)23-14-7-6-8-14/h4-5,9-10,12,14-15H,3,6-8H2,1-2H3,(H,22,23,25). The molecule has 26 heavy (non-hydrogen) atoms. The molecule has 0 amide bonds. The van der Waals surface area contributed by atoms with Gasteiger partial charge in [0, 0.05) is 18.8 Å². The lowest BCUT2D eigenvalue weighted by Gasteiger charge is -2.26. The van der Waals surface area contributed by atoms with Crippen molar-refractivity contribution < 1.29 is 0 Å². The number of benzene rings is 1. The van der Waals surface area contributed by atoms with Crippen LogP contribution < -0.4 is 5.32 Å². The zero-order valence-corrected chi connectivity index (χ0v) is 15.1. The summed E-state index contributed by atoms with van der Waals surface area (Å²) in [6, 6.07) is 10.9. The number of nitriles is 1. The van der Waals surface area contributed by atoms with Crippen LogP contribution in [0.2, 0.25) is 0 Å². The van der Waals surface area contributed by atoms with Crippen LogP contribution in [0.5, 0.6) is 0 Å². The van der Waals surface area contributed by atoms with Gasteiger partial charge in [-0.25, -0.2) is 15.0 Å². The first-order valence-electron chi connectivity index (χ1n) is 9.16. The average molecular weight is 346 g/mol. The lowest BCUT2D eigenvalue weighted by Crippen LogP contribution is -2.28. The molecule has 0 spiro atoms. The van der Waals surface area contributed by atoms with Gasteiger partial charge in [-0.15, -0.1) is 0 Å². The van der Waals surface area contributed by atoms with Crippen LogP contribution in [-0.2, 0) is 6.54 Å². The predicted molar refractivity (Wildman–Crippen MR) is 101 cm³/mol. The quantitative estimate of drug-likeness (QED) is 0.760. The highest BCUT2D eigenvalue weighted by molar-refractivity contribution is 5.76. The molecule has 6 nitrogen and oxygen atoms in total. The normalized spacial score (nSPS) is 15.4. The molecule has 0 bridgehead atoms. The van der Waals surface area contributed by atoms with Crippen molar-refractivity contribution in [2.24, 2.45) is 0 Å². The molecule has 0 saturated heterocycles. The van der Waals surface area contributed by atoms with E-state index in [0.29, 0.717) is 12.0 Å². The van der Waals surface area contributed by atoms with Crippen LogP contribution in [0.4, 0.5) is 5.95 Å². The summed E-state index contributed by atoms with van der Waals surface area (Å²) in [6.07, 6.45) is 5.35. The SMILES string of the molecule is CCn1c(C(C#N)c2nc(NC3CCC3)ncc2C)nc2ccccc21. The summed E-state index contributed by atoms with van der Waals surface area (Å²) >= 11 is 0. The Hall–Kier alpha value is -2.94. The van der Waals surface area contributed by atoms with Gasteiger partial charge in [-0.05, 0) is 50.8 Å². The van der Waals surface area contributed by atoms with E-state index in [1.807, 2.05) is 31.2 Å². The molecule has 1 atom stereocenters. The molecule has 132 valence electrons. The van der Waals surface area contributed by atoms with E-state index >= 15 is 0 Å². The highest BCUT2D eigenvalue weighted by Gasteiger charge is 2.25. The van der Waals surface area contributed by atoms with Gasteiger partial charge >= 0.3 is 0 Å². The van der Waals surface area contributed by atoms with Crippen LogP contribution in [-0.4, -0.2) is 25.6 Å². The summed E-state index contributed by atoms with van der Waals surface area (Å²) in [6.45, 7) is 4.78. The Morgan fingerprint density at radius 1 is 1.31 bits per heavy atom. The largest absolute Gasteiger partial charge is 0.351 e. The molecule has 3 aromatic rings. The van der Waals surface area contributed by atoms with Crippen molar-refractivity contribution in [2.45, 2.75) is 51.6 Å². The van der Waals surface area contributed by atoms with Crippen LogP contribution in [0, 0.1) is 18.3 Å². The number of nitrogens with zero attached hydrogens (tertiary/aromatic N) is 5. The molecule has 0 aliphatic heterocycles. The van der Waals surface area contributed by atoms with Crippen molar-refractivity contribution in [1.29, 1.82) is 5.26 Å². The highest BCUT2D eigenvalue weighted by atomic mass is 15.1.